The average molecular weight is 376 g/mol. The summed E-state index contributed by atoms with van der Waals surface area (Å²) in [7, 11) is 4.50. The lowest BCUT2D eigenvalue weighted by molar-refractivity contribution is 0.218. The van der Waals surface area contributed by atoms with Crippen molar-refractivity contribution < 1.29 is 9.13 Å². The van der Waals surface area contributed by atoms with E-state index in [9.17, 15) is 14.0 Å². The van der Waals surface area contributed by atoms with Crippen LogP contribution in [0, 0.1) is 5.82 Å². The summed E-state index contributed by atoms with van der Waals surface area (Å²) >= 11 is 1.30. The first-order valence-electron chi connectivity index (χ1n) is 7.80. The Bertz CT molecular complexity index is 1090. The summed E-state index contributed by atoms with van der Waals surface area (Å²) < 4.78 is 21.5. The van der Waals surface area contributed by atoms with Gasteiger partial charge in [-0.05, 0) is 12.1 Å². The Balaban J connectivity index is 2.35. The van der Waals surface area contributed by atoms with Gasteiger partial charge in [0.15, 0.2) is 11.5 Å². The lowest BCUT2D eigenvalue weighted by Gasteiger charge is -2.12. The Morgan fingerprint density at radius 1 is 1.15 bits per heavy atom. The molecule has 0 aliphatic rings. The number of fused-ring (bicyclic) bond motifs is 1. The fraction of sp³-hybridized carbons (Fsp3) is 0.294. The highest BCUT2D eigenvalue weighted by molar-refractivity contribution is 7.99. The lowest BCUT2D eigenvalue weighted by atomic mass is 10.2. The molecule has 0 unspecified atom stereocenters. The molecule has 136 valence electrons. The lowest BCUT2D eigenvalue weighted by Crippen LogP contribution is -2.37. The second kappa shape index (κ2) is 7.38. The van der Waals surface area contributed by atoms with E-state index in [-0.39, 0.29) is 22.4 Å². The molecule has 0 aliphatic heterocycles. The van der Waals surface area contributed by atoms with Crippen molar-refractivity contribution in [3.8, 4) is 11.4 Å². The molecular formula is C17H17FN4O3S. The maximum atomic E-state index is 14.2. The Kier molecular flexibility index (Phi) is 5.19. The zero-order valence-corrected chi connectivity index (χ0v) is 15.3. The number of hydrogen-bond acceptors (Lipinski definition) is 6. The van der Waals surface area contributed by atoms with Gasteiger partial charge in [0.2, 0.25) is 0 Å². The molecule has 1 aromatic carbocycles. The van der Waals surface area contributed by atoms with Crippen LogP contribution in [-0.2, 0) is 18.8 Å². The molecule has 7 nitrogen and oxygen atoms in total. The summed E-state index contributed by atoms with van der Waals surface area (Å²) in [5.41, 5.74) is -0.612. The summed E-state index contributed by atoms with van der Waals surface area (Å²) in [6, 6.07) is 6.11. The molecule has 9 heteroatoms. The summed E-state index contributed by atoms with van der Waals surface area (Å²) in [5, 5.41) is 0.622. The van der Waals surface area contributed by atoms with Crippen molar-refractivity contribution in [2.45, 2.75) is 5.03 Å². The van der Waals surface area contributed by atoms with Gasteiger partial charge in [-0.1, -0.05) is 12.1 Å². The van der Waals surface area contributed by atoms with Crippen molar-refractivity contribution in [2.75, 3.05) is 19.5 Å². The summed E-state index contributed by atoms with van der Waals surface area (Å²) in [6.45, 7) is 0.456. The molecule has 0 fully saturated rings. The first-order valence-corrected chi connectivity index (χ1v) is 8.78. The summed E-state index contributed by atoms with van der Waals surface area (Å²) in [4.78, 5) is 33.6. The van der Waals surface area contributed by atoms with Crippen LogP contribution in [0.15, 0.2) is 38.9 Å². The Hall–Kier alpha value is -2.52. The number of rotatable bonds is 5. The van der Waals surface area contributed by atoms with E-state index in [1.165, 1.54) is 36.5 Å². The number of ether oxygens (including phenoxy) is 1. The summed E-state index contributed by atoms with van der Waals surface area (Å²) in [5.74, 6) is 0.193. The van der Waals surface area contributed by atoms with E-state index in [2.05, 4.69) is 9.97 Å². The molecule has 2 aromatic heterocycles. The number of methoxy groups -OCH3 is 1. The van der Waals surface area contributed by atoms with Crippen molar-refractivity contribution in [3.05, 3.63) is 50.9 Å². The fourth-order valence-electron chi connectivity index (χ4n) is 2.52. The molecule has 0 atom stereocenters. The second-order valence-electron chi connectivity index (χ2n) is 5.58. The molecule has 2 heterocycles. The van der Waals surface area contributed by atoms with E-state index in [0.717, 1.165) is 4.57 Å². The van der Waals surface area contributed by atoms with Crippen molar-refractivity contribution in [2.24, 2.45) is 14.1 Å². The van der Waals surface area contributed by atoms with E-state index >= 15 is 0 Å². The van der Waals surface area contributed by atoms with Gasteiger partial charge in [-0.2, -0.15) is 0 Å². The minimum Gasteiger partial charge on any atom is -0.384 e. The Labute approximate surface area is 152 Å². The first kappa shape index (κ1) is 18.3. The van der Waals surface area contributed by atoms with Crippen LogP contribution in [0.1, 0.15) is 0 Å². The molecule has 26 heavy (non-hydrogen) atoms. The third kappa shape index (κ3) is 3.15. The molecule has 3 rings (SSSR count). The number of thioether (sulfide) groups is 1. The Morgan fingerprint density at radius 2 is 1.88 bits per heavy atom. The van der Waals surface area contributed by atoms with E-state index in [1.54, 1.807) is 25.3 Å². The standard InChI is InChI=1S/C17H17FN4O3S/c1-21-14-12(16(23)22(2)17(21)24)15(26-9-8-25-3)20-13(19-14)10-6-4-5-7-11(10)18/h4-7H,8-9H2,1-3H3. The van der Waals surface area contributed by atoms with E-state index in [1.807, 2.05) is 0 Å². The second-order valence-corrected chi connectivity index (χ2v) is 6.66. The number of halogens is 1. The number of benzene rings is 1. The van der Waals surface area contributed by atoms with Crippen molar-refractivity contribution in [3.63, 3.8) is 0 Å². The molecule has 0 amide bonds. The SMILES string of the molecule is COCCSc1nc(-c2ccccc2F)nc2c1c(=O)n(C)c(=O)n2C. The Morgan fingerprint density at radius 3 is 2.58 bits per heavy atom. The van der Waals surface area contributed by atoms with Gasteiger partial charge < -0.3 is 4.74 Å². The largest absolute Gasteiger partial charge is 0.384 e. The van der Waals surface area contributed by atoms with Crippen LogP contribution in [-0.4, -0.2) is 38.6 Å². The van der Waals surface area contributed by atoms with Crippen LogP contribution in [0.3, 0.4) is 0 Å². The number of nitrogens with zero attached hydrogens (tertiary/aromatic N) is 4. The minimum atomic E-state index is -0.506. The van der Waals surface area contributed by atoms with Crippen LogP contribution in [0.25, 0.3) is 22.4 Å². The van der Waals surface area contributed by atoms with Crippen molar-refractivity contribution in [1.82, 2.24) is 19.1 Å². The van der Waals surface area contributed by atoms with Crippen LogP contribution < -0.4 is 11.2 Å². The molecule has 3 aromatic rings. The van der Waals surface area contributed by atoms with Gasteiger partial charge in [0.1, 0.15) is 16.2 Å². The normalized spacial score (nSPS) is 11.2. The van der Waals surface area contributed by atoms with Gasteiger partial charge in [-0.15, -0.1) is 11.8 Å². The third-order valence-corrected chi connectivity index (χ3v) is 4.85. The monoisotopic (exact) mass is 376 g/mol. The van der Waals surface area contributed by atoms with Gasteiger partial charge in [-0.25, -0.2) is 19.2 Å². The van der Waals surface area contributed by atoms with E-state index in [0.29, 0.717) is 17.4 Å². The van der Waals surface area contributed by atoms with Crippen LogP contribution in [0.5, 0.6) is 0 Å². The number of hydrogen-bond donors (Lipinski definition) is 0. The molecular weight excluding hydrogens is 359 g/mol. The molecule has 0 saturated carbocycles. The fourth-order valence-corrected chi connectivity index (χ4v) is 3.44. The van der Waals surface area contributed by atoms with Gasteiger partial charge in [0.05, 0.1) is 12.2 Å². The van der Waals surface area contributed by atoms with Crippen LogP contribution in [0.2, 0.25) is 0 Å². The predicted molar refractivity (Wildman–Crippen MR) is 98.0 cm³/mol. The molecule has 0 N–H and O–H groups in total. The highest BCUT2D eigenvalue weighted by atomic mass is 32.2. The average Bonchev–Trinajstić information content (AvgIpc) is 2.64. The van der Waals surface area contributed by atoms with Gasteiger partial charge in [0, 0.05) is 27.0 Å². The summed E-state index contributed by atoms with van der Waals surface area (Å²) in [6.07, 6.45) is 0. The van der Waals surface area contributed by atoms with E-state index < -0.39 is 17.1 Å². The quantitative estimate of drug-likeness (QED) is 0.382. The topological polar surface area (TPSA) is 79.0 Å². The minimum absolute atomic E-state index is 0.124. The van der Waals surface area contributed by atoms with E-state index in [4.69, 9.17) is 4.74 Å². The highest BCUT2D eigenvalue weighted by Gasteiger charge is 2.19. The predicted octanol–water partition coefficient (Wildman–Crippen LogP) is 1.57. The molecule has 0 radical (unpaired) electrons. The number of aromatic nitrogens is 4. The van der Waals surface area contributed by atoms with Gasteiger partial charge in [-0.3, -0.25) is 13.9 Å². The van der Waals surface area contributed by atoms with Gasteiger partial charge >= 0.3 is 5.69 Å². The third-order valence-electron chi connectivity index (χ3n) is 3.91. The van der Waals surface area contributed by atoms with Crippen molar-refractivity contribution in [1.29, 1.82) is 0 Å². The molecule has 0 saturated heterocycles. The van der Waals surface area contributed by atoms with Gasteiger partial charge in [0.25, 0.3) is 5.56 Å². The smallest absolute Gasteiger partial charge is 0.332 e. The van der Waals surface area contributed by atoms with Crippen molar-refractivity contribution >= 4 is 22.8 Å². The maximum absolute atomic E-state index is 14.2. The molecule has 0 bridgehead atoms. The zero-order valence-electron chi connectivity index (χ0n) is 14.5. The maximum Gasteiger partial charge on any atom is 0.332 e. The van der Waals surface area contributed by atoms with Crippen LogP contribution in [0.4, 0.5) is 4.39 Å². The first-order chi connectivity index (χ1) is 12.5. The number of aryl methyl sites for hydroxylation is 1. The molecule has 0 spiro atoms. The zero-order chi connectivity index (χ0) is 18.8. The molecule has 0 aliphatic carbocycles. The van der Waals surface area contributed by atoms with Crippen LogP contribution >= 0.6 is 11.8 Å². The highest BCUT2D eigenvalue weighted by Crippen LogP contribution is 2.27.